The van der Waals surface area contributed by atoms with Crippen molar-refractivity contribution in [1.82, 2.24) is 4.90 Å². The molecular weight excluding hydrogens is 456 g/mol. The van der Waals surface area contributed by atoms with Crippen LogP contribution < -0.4 is 4.90 Å². The molecular formula is C26H27ClN2O5. The summed E-state index contributed by atoms with van der Waals surface area (Å²) >= 11 is 6.35. The second kappa shape index (κ2) is 9.29. The summed E-state index contributed by atoms with van der Waals surface area (Å²) in [4.78, 5) is 41.2. The van der Waals surface area contributed by atoms with E-state index in [9.17, 15) is 14.4 Å². The van der Waals surface area contributed by atoms with Crippen LogP contribution in [-0.2, 0) is 20.9 Å². The molecule has 0 spiro atoms. The van der Waals surface area contributed by atoms with Crippen LogP contribution in [0.3, 0.4) is 0 Å². The van der Waals surface area contributed by atoms with Crippen LogP contribution >= 0.6 is 11.6 Å². The van der Waals surface area contributed by atoms with E-state index in [1.807, 2.05) is 41.3 Å². The van der Waals surface area contributed by atoms with Gasteiger partial charge in [-0.15, -0.1) is 0 Å². The van der Waals surface area contributed by atoms with Crippen molar-refractivity contribution in [3.8, 4) is 0 Å². The standard InChI is InChI=1S/C26H27ClN2O5/c27-17-6-9-20-22(14-17)29(26(33)34-15-16-4-2-1-3-5-16)21-11-10-19(21)25(20)28(18-7-8-18)23(30)12-13-24(31)32/h1-6,9,14,18-19,21,25H,7-8,10-13,15H2,(H,31,32)/t19-,21+,25-/m1/s1. The number of nitrogens with zero attached hydrogens (tertiary/aromatic N) is 2. The summed E-state index contributed by atoms with van der Waals surface area (Å²) in [6.07, 6.45) is 2.90. The van der Waals surface area contributed by atoms with Crippen LogP contribution in [0.2, 0.25) is 5.02 Å². The van der Waals surface area contributed by atoms with Crippen molar-refractivity contribution in [1.29, 1.82) is 0 Å². The first-order valence-electron chi connectivity index (χ1n) is 11.8. The molecule has 178 valence electrons. The maximum absolute atomic E-state index is 13.3. The first kappa shape index (κ1) is 22.7. The highest BCUT2D eigenvalue weighted by Crippen LogP contribution is 2.54. The van der Waals surface area contributed by atoms with Crippen molar-refractivity contribution in [2.24, 2.45) is 5.92 Å². The number of anilines is 1. The lowest BCUT2D eigenvalue weighted by molar-refractivity contribution is -0.143. The van der Waals surface area contributed by atoms with Gasteiger partial charge in [0.05, 0.1) is 18.2 Å². The maximum Gasteiger partial charge on any atom is 0.414 e. The number of carbonyl (C=O) groups excluding carboxylic acids is 2. The highest BCUT2D eigenvalue weighted by molar-refractivity contribution is 6.31. The van der Waals surface area contributed by atoms with Gasteiger partial charge in [0, 0.05) is 29.4 Å². The molecule has 0 saturated heterocycles. The molecule has 0 bridgehead atoms. The third-order valence-electron chi connectivity index (χ3n) is 7.08. The molecule has 2 amide bonds. The summed E-state index contributed by atoms with van der Waals surface area (Å²) in [5.74, 6) is -1.04. The molecule has 1 N–H and O–H groups in total. The smallest absolute Gasteiger partial charge is 0.414 e. The second-order valence-electron chi connectivity index (χ2n) is 9.29. The molecule has 5 rings (SSSR count). The molecule has 2 aliphatic carbocycles. The number of aliphatic carboxylic acids is 1. The summed E-state index contributed by atoms with van der Waals surface area (Å²) in [6, 6.07) is 14.8. The van der Waals surface area contributed by atoms with Crippen LogP contribution in [0.4, 0.5) is 10.5 Å². The lowest BCUT2D eigenvalue weighted by atomic mass is 9.68. The van der Waals surface area contributed by atoms with Crippen LogP contribution in [0.15, 0.2) is 48.5 Å². The molecule has 2 fully saturated rings. The fourth-order valence-electron chi connectivity index (χ4n) is 5.24. The van der Waals surface area contributed by atoms with Crippen molar-refractivity contribution < 1.29 is 24.2 Å². The summed E-state index contributed by atoms with van der Waals surface area (Å²) in [7, 11) is 0. The molecule has 2 aromatic rings. The third-order valence-corrected chi connectivity index (χ3v) is 7.32. The normalized spacial score (nSPS) is 22.7. The van der Waals surface area contributed by atoms with Gasteiger partial charge >= 0.3 is 12.1 Å². The largest absolute Gasteiger partial charge is 0.481 e. The minimum atomic E-state index is -0.978. The predicted octanol–water partition coefficient (Wildman–Crippen LogP) is 5.17. The quantitative estimate of drug-likeness (QED) is 0.588. The van der Waals surface area contributed by atoms with E-state index in [2.05, 4.69) is 0 Å². The number of hydrogen-bond acceptors (Lipinski definition) is 4. The zero-order chi connectivity index (χ0) is 23.8. The molecule has 2 saturated carbocycles. The molecule has 0 radical (unpaired) electrons. The minimum Gasteiger partial charge on any atom is -0.481 e. The Hall–Kier alpha value is -3.06. The molecule has 34 heavy (non-hydrogen) atoms. The van der Waals surface area contributed by atoms with Gasteiger partial charge in [-0.2, -0.15) is 0 Å². The van der Waals surface area contributed by atoms with Gasteiger partial charge in [0.2, 0.25) is 5.91 Å². The fraction of sp³-hybridized carbons (Fsp3) is 0.423. The average molecular weight is 483 g/mol. The summed E-state index contributed by atoms with van der Waals surface area (Å²) in [5.41, 5.74) is 2.46. The first-order chi connectivity index (χ1) is 16.4. The van der Waals surface area contributed by atoms with Gasteiger partial charge in [-0.05, 0) is 48.9 Å². The van der Waals surface area contributed by atoms with E-state index in [-0.39, 0.29) is 49.4 Å². The van der Waals surface area contributed by atoms with Gasteiger partial charge in [0.1, 0.15) is 6.61 Å². The zero-order valence-corrected chi connectivity index (χ0v) is 19.5. The van der Waals surface area contributed by atoms with E-state index in [0.29, 0.717) is 10.7 Å². The molecule has 3 aliphatic rings. The number of fused-ring (bicyclic) bond motifs is 2. The van der Waals surface area contributed by atoms with Gasteiger partial charge in [0.15, 0.2) is 0 Å². The Balaban J connectivity index is 1.45. The highest BCUT2D eigenvalue weighted by atomic mass is 35.5. The summed E-state index contributed by atoms with van der Waals surface area (Å²) in [6.45, 7) is 0.175. The van der Waals surface area contributed by atoms with Gasteiger partial charge < -0.3 is 14.7 Å². The Morgan fingerprint density at radius 3 is 2.44 bits per heavy atom. The number of ether oxygens (including phenoxy) is 1. The van der Waals surface area contributed by atoms with Crippen molar-refractivity contribution in [2.75, 3.05) is 4.90 Å². The SMILES string of the molecule is O=C(O)CCC(=O)N(C1CC1)[C@H]1c2ccc(Cl)cc2N(C(=O)OCc2ccccc2)[C@H]2CC[C@H]21. The number of benzene rings is 2. The monoisotopic (exact) mass is 482 g/mol. The fourth-order valence-corrected chi connectivity index (χ4v) is 5.41. The van der Waals surface area contributed by atoms with E-state index in [1.54, 1.807) is 17.0 Å². The Morgan fingerprint density at radius 2 is 1.79 bits per heavy atom. The molecule has 1 aliphatic heterocycles. The molecule has 1 heterocycles. The van der Waals surface area contributed by atoms with Gasteiger partial charge in [-0.25, -0.2) is 4.79 Å². The number of rotatable bonds is 7. The van der Waals surface area contributed by atoms with E-state index >= 15 is 0 Å². The number of halogens is 1. The number of hydrogen-bond donors (Lipinski definition) is 1. The van der Waals surface area contributed by atoms with E-state index < -0.39 is 12.1 Å². The molecule has 8 heteroatoms. The van der Waals surface area contributed by atoms with E-state index in [0.717, 1.165) is 36.8 Å². The molecule has 0 unspecified atom stereocenters. The molecule has 0 aromatic heterocycles. The molecule has 7 nitrogen and oxygen atoms in total. The van der Waals surface area contributed by atoms with Crippen LogP contribution in [0.25, 0.3) is 0 Å². The predicted molar refractivity (Wildman–Crippen MR) is 127 cm³/mol. The number of carboxylic acid groups (broad SMARTS) is 1. The Bertz CT molecular complexity index is 1100. The Morgan fingerprint density at radius 1 is 1.03 bits per heavy atom. The van der Waals surface area contributed by atoms with Crippen LogP contribution in [0.1, 0.15) is 55.7 Å². The van der Waals surface area contributed by atoms with Crippen LogP contribution in [0, 0.1) is 5.92 Å². The topological polar surface area (TPSA) is 87.2 Å². The maximum atomic E-state index is 13.3. The van der Waals surface area contributed by atoms with Gasteiger partial charge in [-0.3, -0.25) is 14.5 Å². The Kier molecular flexibility index (Phi) is 6.21. The highest BCUT2D eigenvalue weighted by Gasteiger charge is 2.53. The van der Waals surface area contributed by atoms with Crippen molar-refractivity contribution >= 4 is 35.3 Å². The van der Waals surface area contributed by atoms with Crippen LogP contribution in [0.5, 0.6) is 0 Å². The van der Waals surface area contributed by atoms with Crippen molar-refractivity contribution in [3.05, 3.63) is 64.7 Å². The lowest BCUT2D eigenvalue weighted by Gasteiger charge is -2.54. The number of carboxylic acids is 1. The van der Waals surface area contributed by atoms with Crippen molar-refractivity contribution in [3.63, 3.8) is 0 Å². The van der Waals surface area contributed by atoms with E-state index in [1.165, 1.54) is 0 Å². The number of amides is 2. The van der Waals surface area contributed by atoms with E-state index in [4.69, 9.17) is 21.4 Å². The van der Waals surface area contributed by atoms with Crippen molar-refractivity contribution in [2.45, 2.75) is 63.3 Å². The minimum absolute atomic E-state index is 0.0223. The summed E-state index contributed by atoms with van der Waals surface area (Å²) in [5, 5.41) is 9.59. The Labute approximate surface area is 203 Å². The second-order valence-corrected chi connectivity index (χ2v) is 9.73. The molecule has 3 atom stereocenters. The van der Waals surface area contributed by atoms with Gasteiger partial charge in [-0.1, -0.05) is 48.0 Å². The molecule has 2 aromatic carbocycles. The third kappa shape index (κ3) is 4.37. The zero-order valence-electron chi connectivity index (χ0n) is 18.7. The van der Waals surface area contributed by atoms with Crippen LogP contribution in [-0.4, -0.2) is 40.1 Å². The lowest BCUT2D eigenvalue weighted by Crippen LogP contribution is -2.59. The van der Waals surface area contributed by atoms with Gasteiger partial charge in [0.25, 0.3) is 0 Å². The first-order valence-corrected chi connectivity index (χ1v) is 12.1. The average Bonchev–Trinajstić information content (AvgIpc) is 3.63. The summed E-state index contributed by atoms with van der Waals surface area (Å²) < 4.78 is 5.68. The number of carbonyl (C=O) groups is 3.